The Morgan fingerprint density at radius 3 is 2.95 bits per heavy atom. The van der Waals surface area contributed by atoms with Crippen molar-refractivity contribution in [3.05, 3.63) is 33.9 Å². The number of aryl methyl sites for hydroxylation is 1. The number of rotatable bonds is 6. The van der Waals surface area contributed by atoms with Gasteiger partial charge >= 0.3 is 0 Å². The number of nitrogens with one attached hydrogen (secondary N) is 1. The van der Waals surface area contributed by atoms with E-state index in [1.807, 2.05) is 0 Å². The number of aromatic amines is 1. The predicted octanol–water partition coefficient (Wildman–Crippen LogP) is 6.64. The molecule has 1 aromatic carbocycles. The third-order valence-electron chi connectivity index (χ3n) is 5.46. The zero-order valence-corrected chi connectivity index (χ0v) is 15.5. The van der Waals surface area contributed by atoms with E-state index >= 15 is 0 Å². The average molecular weight is 362 g/mol. The zero-order chi connectivity index (χ0) is 15.5. The number of unbranched alkanes of at least 4 members (excludes halogenated alkanes) is 1. The van der Waals surface area contributed by atoms with Gasteiger partial charge in [-0.15, -0.1) is 0 Å². The molecule has 0 saturated heterocycles. The number of aromatic nitrogens is 1. The summed E-state index contributed by atoms with van der Waals surface area (Å²) in [6.45, 7) is 4.68. The maximum atomic E-state index is 3.69. The van der Waals surface area contributed by atoms with Crippen LogP contribution in [0.1, 0.15) is 63.6 Å². The van der Waals surface area contributed by atoms with Crippen molar-refractivity contribution in [1.29, 1.82) is 0 Å². The van der Waals surface area contributed by atoms with Crippen molar-refractivity contribution in [2.45, 2.75) is 65.2 Å². The van der Waals surface area contributed by atoms with E-state index in [4.69, 9.17) is 0 Å². The monoisotopic (exact) mass is 361 g/mol. The Kier molecular flexibility index (Phi) is 5.28. The second kappa shape index (κ2) is 7.21. The largest absolute Gasteiger partial charge is 0.358 e. The van der Waals surface area contributed by atoms with E-state index in [1.54, 1.807) is 5.56 Å². The topological polar surface area (TPSA) is 15.8 Å². The van der Waals surface area contributed by atoms with E-state index in [-0.39, 0.29) is 0 Å². The first-order valence-electron chi connectivity index (χ1n) is 9.00. The zero-order valence-electron chi connectivity index (χ0n) is 13.9. The first-order chi connectivity index (χ1) is 10.7. The summed E-state index contributed by atoms with van der Waals surface area (Å²) in [6.07, 6.45) is 10.8. The van der Waals surface area contributed by atoms with Crippen LogP contribution < -0.4 is 0 Å². The van der Waals surface area contributed by atoms with Crippen LogP contribution in [0.2, 0.25) is 0 Å². The summed E-state index contributed by atoms with van der Waals surface area (Å²) in [6, 6.07) is 6.63. The van der Waals surface area contributed by atoms with Gasteiger partial charge in [0.25, 0.3) is 0 Å². The van der Waals surface area contributed by atoms with Crippen molar-refractivity contribution in [2.24, 2.45) is 11.8 Å². The van der Waals surface area contributed by atoms with E-state index in [2.05, 4.69) is 53.0 Å². The molecule has 1 heterocycles. The minimum atomic E-state index is 0.880. The van der Waals surface area contributed by atoms with Gasteiger partial charge in [0.1, 0.15) is 0 Å². The van der Waals surface area contributed by atoms with E-state index < -0.39 is 0 Å². The Morgan fingerprint density at radius 1 is 1.32 bits per heavy atom. The third kappa shape index (κ3) is 3.42. The first-order valence-corrected chi connectivity index (χ1v) is 9.79. The molecule has 1 aliphatic carbocycles. The van der Waals surface area contributed by atoms with Gasteiger partial charge in [-0.25, -0.2) is 0 Å². The molecule has 1 aromatic heterocycles. The number of hydrogen-bond acceptors (Lipinski definition) is 0. The first kappa shape index (κ1) is 16.1. The Morgan fingerprint density at radius 2 is 2.18 bits per heavy atom. The Labute approximate surface area is 143 Å². The van der Waals surface area contributed by atoms with Crippen LogP contribution in [0.25, 0.3) is 10.9 Å². The molecule has 1 nitrogen and oxygen atoms in total. The van der Waals surface area contributed by atoms with Crippen LogP contribution in [-0.2, 0) is 12.8 Å². The minimum absolute atomic E-state index is 0.880. The van der Waals surface area contributed by atoms with Gasteiger partial charge in [0, 0.05) is 21.1 Å². The Balaban J connectivity index is 1.72. The number of H-pyrrole nitrogens is 1. The lowest BCUT2D eigenvalue weighted by Gasteiger charge is -2.26. The van der Waals surface area contributed by atoms with Crippen LogP contribution in [-0.4, -0.2) is 4.98 Å². The fraction of sp³-hybridized carbons (Fsp3) is 0.600. The summed E-state index contributed by atoms with van der Waals surface area (Å²) in [5, 5.41) is 1.43. The second-order valence-electron chi connectivity index (χ2n) is 7.03. The van der Waals surface area contributed by atoms with Crippen molar-refractivity contribution in [1.82, 2.24) is 4.98 Å². The highest BCUT2D eigenvalue weighted by Crippen LogP contribution is 2.36. The maximum absolute atomic E-state index is 3.69. The third-order valence-corrected chi connectivity index (χ3v) is 5.96. The molecule has 0 spiro atoms. The van der Waals surface area contributed by atoms with Crippen LogP contribution in [0, 0.1) is 11.8 Å². The van der Waals surface area contributed by atoms with Crippen LogP contribution in [0.5, 0.6) is 0 Å². The lowest BCUT2D eigenvalue weighted by atomic mass is 9.79. The maximum Gasteiger partial charge on any atom is 0.0459 e. The molecule has 0 aliphatic heterocycles. The highest BCUT2D eigenvalue weighted by Gasteiger charge is 2.24. The van der Waals surface area contributed by atoms with Gasteiger partial charge in [0.2, 0.25) is 0 Å². The smallest absolute Gasteiger partial charge is 0.0459 e. The van der Waals surface area contributed by atoms with E-state index in [1.165, 1.54) is 72.4 Å². The van der Waals surface area contributed by atoms with Crippen LogP contribution in [0.15, 0.2) is 22.7 Å². The quantitative estimate of drug-likeness (QED) is 0.593. The molecule has 0 fully saturated rings. The van der Waals surface area contributed by atoms with Gasteiger partial charge in [-0.05, 0) is 61.3 Å². The molecule has 2 unspecified atom stereocenters. The van der Waals surface area contributed by atoms with Gasteiger partial charge in [-0.1, -0.05) is 55.5 Å². The average Bonchev–Trinajstić information content (AvgIpc) is 2.88. The number of fused-ring (bicyclic) bond motifs is 3. The standard InChI is InChI=1S/C20H28BrN/c1-3-5-6-14(4-2)11-15-7-9-17-18-13-16(21)8-10-19(18)22-20(17)12-15/h8,10,13-15,22H,3-7,9,11-12H2,1-2H3. The molecule has 2 heteroatoms. The lowest BCUT2D eigenvalue weighted by Crippen LogP contribution is -2.17. The van der Waals surface area contributed by atoms with Crippen LogP contribution >= 0.6 is 15.9 Å². The summed E-state index contributed by atoms with van der Waals surface area (Å²) in [4.78, 5) is 3.69. The molecule has 0 bridgehead atoms. The lowest BCUT2D eigenvalue weighted by molar-refractivity contribution is 0.312. The van der Waals surface area contributed by atoms with Gasteiger partial charge in [0.05, 0.1) is 0 Å². The normalized spacial score (nSPS) is 19.3. The van der Waals surface area contributed by atoms with Gasteiger partial charge in [-0.3, -0.25) is 0 Å². The fourth-order valence-corrected chi connectivity index (χ4v) is 4.49. The van der Waals surface area contributed by atoms with E-state index in [9.17, 15) is 0 Å². The molecule has 1 aliphatic rings. The molecule has 0 amide bonds. The molecule has 2 atom stereocenters. The SMILES string of the molecule is CCCCC(CC)CC1CCc2c([nH]c3ccc(Br)cc23)C1. The molecular weight excluding hydrogens is 334 g/mol. The summed E-state index contributed by atoms with van der Waals surface area (Å²) in [5.41, 5.74) is 4.40. The van der Waals surface area contributed by atoms with Crippen molar-refractivity contribution >= 4 is 26.8 Å². The van der Waals surface area contributed by atoms with Gasteiger partial charge in [-0.2, -0.15) is 0 Å². The van der Waals surface area contributed by atoms with Crippen molar-refractivity contribution in [3.63, 3.8) is 0 Å². The minimum Gasteiger partial charge on any atom is -0.358 e. The summed E-state index contributed by atoms with van der Waals surface area (Å²) in [5.74, 6) is 1.82. The molecule has 0 radical (unpaired) electrons. The summed E-state index contributed by atoms with van der Waals surface area (Å²) >= 11 is 3.61. The number of benzene rings is 1. The highest BCUT2D eigenvalue weighted by molar-refractivity contribution is 9.10. The van der Waals surface area contributed by atoms with Gasteiger partial charge in [0.15, 0.2) is 0 Å². The molecule has 120 valence electrons. The predicted molar refractivity (Wildman–Crippen MR) is 99.4 cm³/mol. The fourth-order valence-electron chi connectivity index (χ4n) is 4.13. The van der Waals surface area contributed by atoms with Crippen molar-refractivity contribution in [3.8, 4) is 0 Å². The molecular formula is C20H28BrN. The van der Waals surface area contributed by atoms with Crippen LogP contribution in [0.3, 0.4) is 0 Å². The van der Waals surface area contributed by atoms with E-state index in [0.29, 0.717) is 0 Å². The Hall–Kier alpha value is -0.760. The molecule has 2 aromatic rings. The molecule has 22 heavy (non-hydrogen) atoms. The molecule has 0 saturated carbocycles. The molecule has 1 N–H and O–H groups in total. The second-order valence-corrected chi connectivity index (χ2v) is 7.95. The number of hydrogen-bond donors (Lipinski definition) is 1. The Bertz CT molecular complexity index is 628. The summed E-state index contributed by atoms with van der Waals surface area (Å²) in [7, 11) is 0. The molecule has 3 rings (SSSR count). The van der Waals surface area contributed by atoms with Gasteiger partial charge < -0.3 is 4.98 Å². The highest BCUT2D eigenvalue weighted by atomic mass is 79.9. The van der Waals surface area contributed by atoms with Crippen molar-refractivity contribution < 1.29 is 0 Å². The number of halogens is 1. The van der Waals surface area contributed by atoms with Crippen LogP contribution in [0.4, 0.5) is 0 Å². The summed E-state index contributed by atoms with van der Waals surface area (Å²) < 4.78 is 1.19. The van der Waals surface area contributed by atoms with Crippen molar-refractivity contribution in [2.75, 3.05) is 0 Å². The van der Waals surface area contributed by atoms with E-state index in [0.717, 1.165) is 11.8 Å².